The van der Waals surface area contributed by atoms with Gasteiger partial charge < -0.3 is 20.5 Å². The molecule has 2 atom stereocenters. The number of nitrogens with one attached hydrogen (secondary N) is 2. The Labute approximate surface area is 194 Å². The number of hydrogen-bond acceptors (Lipinski definition) is 4. The first kappa shape index (κ1) is 25.1. The minimum Gasteiger partial charge on any atom is -0.480 e. The van der Waals surface area contributed by atoms with Crippen molar-refractivity contribution in [1.82, 2.24) is 10.6 Å². The number of amides is 2. The number of fused-ring (bicyclic) bond motifs is 3. The Morgan fingerprint density at radius 3 is 2.06 bits per heavy atom. The van der Waals surface area contributed by atoms with Crippen LogP contribution in [0.5, 0.6) is 0 Å². The van der Waals surface area contributed by atoms with Gasteiger partial charge in [-0.1, -0.05) is 55.5 Å². The zero-order chi connectivity index (χ0) is 24.9. The molecule has 1 aliphatic carbocycles. The van der Waals surface area contributed by atoms with Gasteiger partial charge in [-0.3, -0.25) is 4.79 Å². The zero-order valence-corrected chi connectivity index (χ0v) is 18.4. The Morgan fingerprint density at radius 1 is 1.00 bits per heavy atom. The third kappa shape index (κ3) is 6.27. The topological polar surface area (TPSA) is 105 Å². The van der Waals surface area contributed by atoms with Crippen molar-refractivity contribution in [2.45, 2.75) is 50.4 Å². The third-order valence-corrected chi connectivity index (χ3v) is 5.66. The summed E-state index contributed by atoms with van der Waals surface area (Å²) in [6, 6.07) is 12.8. The molecule has 2 amide bonds. The van der Waals surface area contributed by atoms with Gasteiger partial charge >= 0.3 is 18.2 Å². The van der Waals surface area contributed by atoms with Gasteiger partial charge in [0.25, 0.3) is 0 Å². The molecule has 3 rings (SSSR count). The highest BCUT2D eigenvalue weighted by Crippen LogP contribution is 2.44. The molecule has 0 saturated heterocycles. The molecule has 10 heteroatoms. The molecule has 0 saturated carbocycles. The molecule has 2 aromatic rings. The Kier molecular flexibility index (Phi) is 7.80. The second-order valence-electron chi connectivity index (χ2n) is 8.06. The molecule has 3 N–H and O–H groups in total. The molecule has 2 aromatic carbocycles. The summed E-state index contributed by atoms with van der Waals surface area (Å²) in [5.74, 6) is -2.86. The van der Waals surface area contributed by atoms with Crippen LogP contribution in [0.25, 0.3) is 11.1 Å². The molecule has 0 aliphatic heterocycles. The van der Waals surface area contributed by atoms with E-state index in [0.29, 0.717) is 0 Å². The fourth-order valence-corrected chi connectivity index (χ4v) is 4.01. The van der Waals surface area contributed by atoms with E-state index in [-0.39, 0.29) is 25.4 Å². The fourth-order valence-electron chi connectivity index (χ4n) is 4.01. The van der Waals surface area contributed by atoms with Crippen LogP contribution >= 0.6 is 0 Å². The van der Waals surface area contributed by atoms with Crippen molar-refractivity contribution in [2.24, 2.45) is 0 Å². The van der Waals surface area contributed by atoms with Gasteiger partial charge in [-0.15, -0.1) is 0 Å². The second-order valence-corrected chi connectivity index (χ2v) is 8.06. The standard InChI is InChI=1S/C24H25F3N2O5/c1-2-14(11-21(30)29-20(22(31)32)12-24(25,26)27)28-23(33)34-13-19-17-9-5-3-7-15(17)16-8-4-6-10-18(16)19/h3-10,14,19-20H,2,11-13H2,1H3,(H,28,33)(H,29,30)(H,31,32). The molecule has 0 radical (unpaired) electrons. The van der Waals surface area contributed by atoms with Crippen LogP contribution < -0.4 is 10.6 Å². The Bertz CT molecular complexity index is 1010. The smallest absolute Gasteiger partial charge is 0.407 e. The van der Waals surface area contributed by atoms with E-state index in [1.165, 1.54) is 0 Å². The first-order chi connectivity index (χ1) is 16.1. The number of carboxylic acid groups (broad SMARTS) is 1. The number of rotatable bonds is 9. The lowest BCUT2D eigenvalue weighted by molar-refractivity contribution is -0.160. The van der Waals surface area contributed by atoms with Crippen LogP contribution in [0.4, 0.5) is 18.0 Å². The van der Waals surface area contributed by atoms with Crippen molar-refractivity contribution >= 4 is 18.0 Å². The molecule has 182 valence electrons. The maximum Gasteiger partial charge on any atom is 0.407 e. The fraction of sp³-hybridized carbons (Fsp3) is 0.375. The van der Waals surface area contributed by atoms with Crippen LogP contribution in [0.15, 0.2) is 48.5 Å². The summed E-state index contributed by atoms with van der Waals surface area (Å²) in [4.78, 5) is 35.5. The molecule has 1 aliphatic rings. The van der Waals surface area contributed by atoms with Crippen LogP contribution in [0, 0.1) is 0 Å². The Hall–Kier alpha value is -3.56. The van der Waals surface area contributed by atoms with E-state index in [4.69, 9.17) is 9.84 Å². The third-order valence-electron chi connectivity index (χ3n) is 5.66. The number of carboxylic acids is 1. The maximum absolute atomic E-state index is 12.5. The number of hydrogen-bond donors (Lipinski definition) is 3. The van der Waals surface area contributed by atoms with Gasteiger partial charge in [0.2, 0.25) is 5.91 Å². The molecule has 0 spiro atoms. The van der Waals surface area contributed by atoms with Crippen molar-refractivity contribution in [3.05, 3.63) is 59.7 Å². The SMILES string of the molecule is CCC(CC(=O)NC(CC(F)(F)F)C(=O)O)NC(=O)OCC1c2ccccc2-c2ccccc21. The van der Waals surface area contributed by atoms with E-state index in [0.717, 1.165) is 22.3 Å². The predicted octanol–water partition coefficient (Wildman–Crippen LogP) is 4.22. The van der Waals surface area contributed by atoms with Crippen molar-refractivity contribution in [3.63, 3.8) is 0 Å². The molecule has 0 aromatic heterocycles. The number of halogens is 3. The van der Waals surface area contributed by atoms with E-state index in [1.807, 2.05) is 53.8 Å². The second kappa shape index (κ2) is 10.6. The van der Waals surface area contributed by atoms with Crippen LogP contribution in [0.3, 0.4) is 0 Å². The first-order valence-electron chi connectivity index (χ1n) is 10.8. The summed E-state index contributed by atoms with van der Waals surface area (Å²) in [5.41, 5.74) is 4.21. The van der Waals surface area contributed by atoms with Gasteiger partial charge in [0.05, 0.1) is 6.42 Å². The molecule has 2 unspecified atom stereocenters. The number of aliphatic carboxylic acids is 1. The largest absolute Gasteiger partial charge is 0.480 e. The summed E-state index contributed by atoms with van der Waals surface area (Å²) in [5, 5.41) is 13.3. The number of benzene rings is 2. The molecule has 34 heavy (non-hydrogen) atoms. The van der Waals surface area contributed by atoms with E-state index in [2.05, 4.69) is 5.32 Å². The molecule has 0 fully saturated rings. The maximum atomic E-state index is 12.5. The molecule has 0 heterocycles. The summed E-state index contributed by atoms with van der Waals surface area (Å²) in [6.07, 6.45) is -7.31. The molecular formula is C24H25F3N2O5. The van der Waals surface area contributed by atoms with Gasteiger partial charge in [-0.05, 0) is 28.7 Å². The van der Waals surface area contributed by atoms with Crippen LogP contribution in [0.2, 0.25) is 0 Å². The van der Waals surface area contributed by atoms with E-state index in [1.54, 1.807) is 6.92 Å². The van der Waals surface area contributed by atoms with Gasteiger partial charge in [-0.2, -0.15) is 13.2 Å². The van der Waals surface area contributed by atoms with Crippen LogP contribution in [0.1, 0.15) is 43.2 Å². The van der Waals surface area contributed by atoms with Crippen molar-refractivity contribution < 1.29 is 37.4 Å². The number of ether oxygens (including phenoxy) is 1. The Balaban J connectivity index is 1.56. The number of carbonyl (C=O) groups excluding carboxylic acids is 2. The average Bonchev–Trinajstić information content (AvgIpc) is 3.09. The van der Waals surface area contributed by atoms with Gasteiger partial charge in [0.15, 0.2) is 0 Å². The highest BCUT2D eigenvalue weighted by atomic mass is 19.4. The minimum atomic E-state index is -4.75. The minimum absolute atomic E-state index is 0.0646. The average molecular weight is 478 g/mol. The van der Waals surface area contributed by atoms with E-state index < -0.39 is 42.7 Å². The number of alkyl carbamates (subject to hydrolysis) is 1. The van der Waals surface area contributed by atoms with Gasteiger partial charge in [-0.25, -0.2) is 9.59 Å². The highest BCUT2D eigenvalue weighted by molar-refractivity contribution is 5.84. The highest BCUT2D eigenvalue weighted by Gasteiger charge is 2.36. The van der Waals surface area contributed by atoms with Crippen molar-refractivity contribution in [2.75, 3.05) is 6.61 Å². The van der Waals surface area contributed by atoms with Crippen LogP contribution in [-0.2, 0) is 14.3 Å². The van der Waals surface area contributed by atoms with Gasteiger partial charge in [0, 0.05) is 18.4 Å². The summed E-state index contributed by atoms with van der Waals surface area (Å²) in [7, 11) is 0. The first-order valence-corrected chi connectivity index (χ1v) is 10.8. The van der Waals surface area contributed by atoms with Crippen LogP contribution in [-0.4, -0.2) is 47.9 Å². The predicted molar refractivity (Wildman–Crippen MR) is 117 cm³/mol. The lowest BCUT2D eigenvalue weighted by atomic mass is 9.98. The molecular weight excluding hydrogens is 453 g/mol. The van der Waals surface area contributed by atoms with E-state index in [9.17, 15) is 27.6 Å². The normalized spacial score (nSPS) is 14.5. The number of alkyl halides is 3. The van der Waals surface area contributed by atoms with Gasteiger partial charge in [0.1, 0.15) is 12.6 Å². The monoisotopic (exact) mass is 478 g/mol. The molecule has 7 nitrogen and oxygen atoms in total. The quantitative estimate of drug-likeness (QED) is 0.501. The molecule has 0 bridgehead atoms. The zero-order valence-electron chi connectivity index (χ0n) is 18.4. The summed E-state index contributed by atoms with van der Waals surface area (Å²) >= 11 is 0. The lowest BCUT2D eigenvalue weighted by Gasteiger charge is -2.20. The number of carbonyl (C=O) groups is 3. The summed E-state index contributed by atoms with van der Waals surface area (Å²) < 4.78 is 43.0. The van der Waals surface area contributed by atoms with Crippen molar-refractivity contribution in [1.29, 1.82) is 0 Å². The summed E-state index contributed by atoms with van der Waals surface area (Å²) in [6.45, 7) is 1.74. The lowest BCUT2D eigenvalue weighted by Crippen LogP contribution is -2.46. The Morgan fingerprint density at radius 2 is 1.56 bits per heavy atom. The van der Waals surface area contributed by atoms with Crippen molar-refractivity contribution in [3.8, 4) is 11.1 Å². The van der Waals surface area contributed by atoms with E-state index >= 15 is 0 Å².